The molecule has 0 radical (unpaired) electrons. The first kappa shape index (κ1) is 18.0. The predicted octanol–water partition coefficient (Wildman–Crippen LogP) is -1.68. The van der Waals surface area contributed by atoms with Crippen LogP contribution >= 0.6 is 12.6 Å². The smallest absolute Gasteiger partial charge is 0.480 e. The molecule has 0 bridgehead atoms. The third kappa shape index (κ3) is 7.43. The van der Waals surface area contributed by atoms with Crippen LogP contribution in [0, 0.1) is 0 Å². The number of hydrogen-bond donors (Lipinski definition) is 6. The Labute approximate surface area is 119 Å². The molecule has 0 aliphatic heterocycles. The van der Waals surface area contributed by atoms with E-state index in [1.54, 1.807) is 5.48 Å². The third-order valence-electron chi connectivity index (χ3n) is 2.07. The van der Waals surface area contributed by atoms with Crippen molar-refractivity contribution in [1.82, 2.24) is 10.8 Å². The lowest BCUT2D eigenvalue weighted by molar-refractivity contribution is -0.139. The van der Waals surface area contributed by atoms with Gasteiger partial charge in [0.2, 0.25) is 5.91 Å². The molecule has 6 N–H and O–H groups in total. The van der Waals surface area contributed by atoms with Gasteiger partial charge in [0.25, 0.3) is 5.91 Å². The fraction of sp³-hybridized carbons (Fsp3) is 0.556. The highest BCUT2D eigenvalue weighted by Gasteiger charge is 2.21. The van der Waals surface area contributed by atoms with E-state index in [0.29, 0.717) is 0 Å². The standard InChI is InChI=1S/C9H15N3O7S/c10-4(8(15)16)1-2-6(13)11-5(3-20)7(14)12-19-9(17)18/h4-5,20H,1-3,10H2,(H,11,13)(H,12,14)(H,15,16)(H,17,18). The second-order valence-electron chi connectivity index (χ2n) is 3.62. The fourth-order valence-electron chi connectivity index (χ4n) is 1.04. The molecule has 0 aromatic carbocycles. The Morgan fingerprint density at radius 2 is 1.85 bits per heavy atom. The van der Waals surface area contributed by atoms with Crippen molar-refractivity contribution in [3.05, 3.63) is 0 Å². The minimum atomic E-state index is -1.71. The molecule has 0 fully saturated rings. The van der Waals surface area contributed by atoms with E-state index in [4.69, 9.17) is 15.9 Å². The van der Waals surface area contributed by atoms with Gasteiger partial charge in [-0.2, -0.15) is 18.1 Å². The zero-order valence-electron chi connectivity index (χ0n) is 10.2. The highest BCUT2D eigenvalue weighted by Crippen LogP contribution is 1.97. The lowest BCUT2D eigenvalue weighted by Gasteiger charge is -2.15. The zero-order chi connectivity index (χ0) is 15.7. The molecule has 0 aliphatic carbocycles. The summed E-state index contributed by atoms with van der Waals surface area (Å²) in [6.45, 7) is 0. The lowest BCUT2D eigenvalue weighted by atomic mass is 10.1. The molecule has 0 rings (SSSR count). The second kappa shape index (κ2) is 8.98. The SMILES string of the molecule is NC(CCC(=O)NC(CS)C(=O)NOC(=O)O)C(=O)O. The van der Waals surface area contributed by atoms with E-state index in [1.807, 2.05) is 0 Å². The van der Waals surface area contributed by atoms with E-state index in [0.717, 1.165) is 0 Å². The van der Waals surface area contributed by atoms with Gasteiger partial charge < -0.3 is 26.1 Å². The van der Waals surface area contributed by atoms with Crippen molar-refractivity contribution in [3.8, 4) is 0 Å². The van der Waals surface area contributed by atoms with E-state index < -0.39 is 36.0 Å². The number of rotatable bonds is 7. The molecule has 0 spiro atoms. The normalized spacial score (nSPS) is 12.9. The predicted molar refractivity (Wildman–Crippen MR) is 67.9 cm³/mol. The van der Waals surface area contributed by atoms with Crippen LogP contribution in [0.1, 0.15) is 12.8 Å². The zero-order valence-corrected chi connectivity index (χ0v) is 11.1. The molecule has 0 heterocycles. The number of thiol groups is 1. The molecule has 114 valence electrons. The van der Waals surface area contributed by atoms with Gasteiger partial charge in [-0.15, -0.1) is 0 Å². The highest BCUT2D eigenvalue weighted by molar-refractivity contribution is 7.80. The van der Waals surface area contributed by atoms with Gasteiger partial charge in [0.1, 0.15) is 12.1 Å². The van der Waals surface area contributed by atoms with Crippen LogP contribution in [0.5, 0.6) is 0 Å². The molecule has 0 aliphatic rings. The molecular weight excluding hydrogens is 294 g/mol. The summed E-state index contributed by atoms with van der Waals surface area (Å²) in [6.07, 6.45) is -2.02. The minimum Gasteiger partial charge on any atom is -0.480 e. The van der Waals surface area contributed by atoms with E-state index in [-0.39, 0.29) is 18.6 Å². The molecule has 0 saturated carbocycles. The third-order valence-corrected chi connectivity index (χ3v) is 2.44. The van der Waals surface area contributed by atoms with E-state index in [1.165, 1.54) is 0 Å². The Bertz CT molecular complexity index is 390. The molecular formula is C9H15N3O7S. The monoisotopic (exact) mass is 309 g/mol. The Morgan fingerprint density at radius 1 is 1.25 bits per heavy atom. The molecule has 0 aromatic heterocycles. The molecule has 11 heteroatoms. The molecule has 10 nitrogen and oxygen atoms in total. The van der Waals surface area contributed by atoms with Gasteiger partial charge in [0, 0.05) is 12.2 Å². The molecule has 2 unspecified atom stereocenters. The largest absolute Gasteiger partial charge is 0.530 e. The summed E-state index contributed by atoms with van der Waals surface area (Å²) in [6, 6.07) is -2.30. The molecule has 0 saturated heterocycles. The number of carbonyl (C=O) groups is 4. The number of nitrogens with two attached hydrogens (primary N) is 1. The van der Waals surface area contributed by atoms with Crippen LogP contribution in [0.15, 0.2) is 0 Å². The van der Waals surface area contributed by atoms with Gasteiger partial charge in [-0.1, -0.05) is 0 Å². The first-order chi connectivity index (χ1) is 9.27. The van der Waals surface area contributed by atoms with Gasteiger partial charge >= 0.3 is 12.1 Å². The maximum absolute atomic E-state index is 11.5. The van der Waals surface area contributed by atoms with Crippen LogP contribution in [0.25, 0.3) is 0 Å². The number of hydroxylamine groups is 1. The average molecular weight is 309 g/mol. The van der Waals surface area contributed by atoms with Crippen molar-refractivity contribution < 1.29 is 34.2 Å². The van der Waals surface area contributed by atoms with Crippen molar-refractivity contribution in [2.45, 2.75) is 24.9 Å². The van der Waals surface area contributed by atoms with Crippen molar-refractivity contribution in [1.29, 1.82) is 0 Å². The topological polar surface area (TPSA) is 168 Å². The van der Waals surface area contributed by atoms with Gasteiger partial charge in [-0.25, -0.2) is 4.79 Å². The molecule has 20 heavy (non-hydrogen) atoms. The average Bonchev–Trinajstić information content (AvgIpc) is 2.38. The van der Waals surface area contributed by atoms with Gasteiger partial charge in [-0.3, -0.25) is 14.4 Å². The van der Waals surface area contributed by atoms with Crippen LogP contribution < -0.4 is 16.5 Å². The van der Waals surface area contributed by atoms with Crippen molar-refractivity contribution in [2.24, 2.45) is 5.73 Å². The van der Waals surface area contributed by atoms with Gasteiger partial charge in [0.05, 0.1) is 0 Å². The maximum Gasteiger partial charge on any atom is 0.530 e. The van der Waals surface area contributed by atoms with Crippen LogP contribution in [-0.4, -0.2) is 52.0 Å². The Kier molecular flexibility index (Phi) is 8.08. The van der Waals surface area contributed by atoms with Crippen LogP contribution in [-0.2, 0) is 19.2 Å². The van der Waals surface area contributed by atoms with Crippen molar-refractivity contribution in [2.75, 3.05) is 5.75 Å². The number of hydrogen-bond acceptors (Lipinski definition) is 7. The second-order valence-corrected chi connectivity index (χ2v) is 3.99. The quantitative estimate of drug-likeness (QED) is 0.239. The summed E-state index contributed by atoms with van der Waals surface area (Å²) in [4.78, 5) is 47.2. The summed E-state index contributed by atoms with van der Waals surface area (Å²) >= 11 is 3.82. The highest BCUT2D eigenvalue weighted by atomic mass is 32.1. The maximum atomic E-state index is 11.5. The van der Waals surface area contributed by atoms with E-state index in [9.17, 15) is 19.2 Å². The molecule has 2 atom stereocenters. The molecule has 2 amide bonds. The summed E-state index contributed by atoms with van der Waals surface area (Å²) in [7, 11) is 0. The lowest BCUT2D eigenvalue weighted by Crippen LogP contribution is -2.48. The number of carbonyl (C=O) groups excluding carboxylic acids is 2. The Balaban J connectivity index is 4.21. The van der Waals surface area contributed by atoms with Gasteiger partial charge in [-0.05, 0) is 6.42 Å². The number of amides is 2. The Morgan fingerprint density at radius 3 is 2.30 bits per heavy atom. The summed E-state index contributed by atoms with van der Waals surface area (Å²) in [5.74, 6) is -2.87. The number of aliphatic carboxylic acids is 1. The summed E-state index contributed by atoms with van der Waals surface area (Å²) < 4.78 is 0. The van der Waals surface area contributed by atoms with Crippen molar-refractivity contribution in [3.63, 3.8) is 0 Å². The fourth-order valence-corrected chi connectivity index (χ4v) is 1.29. The summed E-state index contributed by atoms with van der Waals surface area (Å²) in [5.41, 5.74) is 6.81. The van der Waals surface area contributed by atoms with Crippen molar-refractivity contribution >= 4 is 36.6 Å². The van der Waals surface area contributed by atoms with Gasteiger partial charge in [0.15, 0.2) is 0 Å². The van der Waals surface area contributed by atoms with E-state index >= 15 is 0 Å². The number of carboxylic acid groups (broad SMARTS) is 2. The first-order valence-electron chi connectivity index (χ1n) is 5.36. The van der Waals surface area contributed by atoms with E-state index in [2.05, 4.69) is 22.8 Å². The van der Waals surface area contributed by atoms with Crippen LogP contribution in [0.2, 0.25) is 0 Å². The first-order valence-corrected chi connectivity index (χ1v) is 5.99. The van der Waals surface area contributed by atoms with Crippen LogP contribution in [0.3, 0.4) is 0 Å². The summed E-state index contributed by atoms with van der Waals surface area (Å²) in [5, 5.41) is 18.9. The van der Waals surface area contributed by atoms with Crippen LogP contribution in [0.4, 0.5) is 4.79 Å². The minimum absolute atomic E-state index is 0.103. The molecule has 0 aromatic rings. The Hall–Kier alpha value is -2.01. The number of carboxylic acids is 1. The number of nitrogens with one attached hydrogen (secondary N) is 2.